The first kappa shape index (κ1) is 14.8. The fourth-order valence-electron chi connectivity index (χ4n) is 2.24. The van der Waals surface area contributed by atoms with E-state index in [1.54, 1.807) is 6.20 Å². The summed E-state index contributed by atoms with van der Waals surface area (Å²) in [5.41, 5.74) is 2.25. The minimum Gasteiger partial charge on any atom is -0.406 e. The normalized spacial score (nSPS) is 11.6. The maximum absolute atomic E-state index is 12.4. The van der Waals surface area contributed by atoms with Gasteiger partial charge in [-0.05, 0) is 39.7 Å². The van der Waals surface area contributed by atoms with E-state index >= 15 is 0 Å². The van der Waals surface area contributed by atoms with Gasteiger partial charge >= 0.3 is 6.36 Å². The van der Waals surface area contributed by atoms with Gasteiger partial charge in [0.25, 0.3) is 0 Å². The highest BCUT2D eigenvalue weighted by molar-refractivity contribution is 9.10. The van der Waals surface area contributed by atoms with Gasteiger partial charge in [0.05, 0.1) is 5.52 Å². The first-order valence-corrected chi connectivity index (χ1v) is 7.13. The Labute approximate surface area is 132 Å². The quantitative estimate of drug-likeness (QED) is 0.591. The summed E-state index contributed by atoms with van der Waals surface area (Å²) in [6, 6.07) is 13.5. The molecule has 0 saturated heterocycles. The molecule has 1 heterocycles. The summed E-state index contributed by atoms with van der Waals surface area (Å²) in [6.07, 6.45) is -3.09. The van der Waals surface area contributed by atoms with Crippen LogP contribution in [0.25, 0.3) is 22.0 Å². The number of halogens is 4. The zero-order chi connectivity index (χ0) is 15.7. The van der Waals surface area contributed by atoms with Crippen molar-refractivity contribution >= 4 is 26.8 Å². The van der Waals surface area contributed by atoms with Crippen LogP contribution in [0.4, 0.5) is 13.2 Å². The molecule has 6 heteroatoms. The Kier molecular flexibility index (Phi) is 3.78. The van der Waals surface area contributed by atoms with E-state index in [9.17, 15) is 13.2 Å². The standard InChI is InChI=1S/C16H9BrF3NO/c17-13-9-21-14-7-6-11(22-16(18,19)20)8-12(14)15(13)10-4-2-1-3-5-10/h1-9H. The summed E-state index contributed by atoms with van der Waals surface area (Å²) in [5, 5.41) is 0.585. The highest BCUT2D eigenvalue weighted by atomic mass is 79.9. The first-order valence-electron chi connectivity index (χ1n) is 6.33. The molecule has 1 aromatic heterocycles. The van der Waals surface area contributed by atoms with Gasteiger partial charge in [0, 0.05) is 21.6 Å². The number of alkyl halides is 3. The lowest BCUT2D eigenvalue weighted by Crippen LogP contribution is -2.17. The molecule has 2 aromatic carbocycles. The smallest absolute Gasteiger partial charge is 0.406 e. The van der Waals surface area contributed by atoms with Crippen LogP contribution in [0.3, 0.4) is 0 Å². The molecule has 0 saturated carbocycles. The predicted octanol–water partition coefficient (Wildman–Crippen LogP) is 5.56. The molecule has 0 spiro atoms. The van der Waals surface area contributed by atoms with Gasteiger partial charge in [-0.2, -0.15) is 0 Å². The highest BCUT2D eigenvalue weighted by Crippen LogP contribution is 2.36. The molecule has 0 amide bonds. The number of pyridine rings is 1. The van der Waals surface area contributed by atoms with E-state index in [-0.39, 0.29) is 5.75 Å². The molecular weight excluding hydrogens is 359 g/mol. The molecule has 0 radical (unpaired) electrons. The van der Waals surface area contributed by atoms with Crippen LogP contribution in [0.5, 0.6) is 5.75 Å². The second-order valence-corrected chi connectivity index (χ2v) is 5.43. The van der Waals surface area contributed by atoms with E-state index in [2.05, 4.69) is 25.7 Å². The van der Waals surface area contributed by atoms with Crippen molar-refractivity contribution in [2.75, 3.05) is 0 Å². The largest absolute Gasteiger partial charge is 0.573 e. The van der Waals surface area contributed by atoms with E-state index in [1.807, 2.05) is 30.3 Å². The van der Waals surface area contributed by atoms with Crippen molar-refractivity contribution in [1.82, 2.24) is 4.98 Å². The van der Waals surface area contributed by atoms with Gasteiger partial charge in [0.15, 0.2) is 0 Å². The third-order valence-electron chi connectivity index (χ3n) is 3.09. The van der Waals surface area contributed by atoms with Crippen molar-refractivity contribution in [1.29, 1.82) is 0 Å². The third-order valence-corrected chi connectivity index (χ3v) is 3.69. The van der Waals surface area contributed by atoms with Gasteiger partial charge in [-0.3, -0.25) is 4.98 Å². The first-order chi connectivity index (χ1) is 10.4. The topological polar surface area (TPSA) is 22.1 Å². The van der Waals surface area contributed by atoms with E-state index in [4.69, 9.17) is 0 Å². The van der Waals surface area contributed by atoms with Gasteiger partial charge in [-0.25, -0.2) is 0 Å². The molecule has 0 N–H and O–H groups in total. The predicted molar refractivity (Wildman–Crippen MR) is 81.6 cm³/mol. The monoisotopic (exact) mass is 367 g/mol. The van der Waals surface area contributed by atoms with E-state index in [0.29, 0.717) is 15.4 Å². The van der Waals surface area contributed by atoms with Crippen molar-refractivity contribution in [3.63, 3.8) is 0 Å². The molecule has 0 bridgehead atoms. The summed E-state index contributed by atoms with van der Waals surface area (Å²) in [4.78, 5) is 4.22. The van der Waals surface area contributed by atoms with Crippen molar-refractivity contribution < 1.29 is 17.9 Å². The number of aromatic nitrogens is 1. The molecule has 0 fully saturated rings. The van der Waals surface area contributed by atoms with E-state index in [0.717, 1.165) is 11.1 Å². The Morgan fingerprint density at radius 1 is 1.00 bits per heavy atom. The molecular formula is C16H9BrF3NO. The van der Waals surface area contributed by atoms with Crippen molar-refractivity contribution in [2.45, 2.75) is 6.36 Å². The average molecular weight is 368 g/mol. The second-order valence-electron chi connectivity index (χ2n) is 4.57. The van der Waals surface area contributed by atoms with Crippen molar-refractivity contribution in [3.8, 4) is 16.9 Å². The van der Waals surface area contributed by atoms with E-state index in [1.165, 1.54) is 18.2 Å². The highest BCUT2D eigenvalue weighted by Gasteiger charge is 2.31. The van der Waals surface area contributed by atoms with Gasteiger partial charge < -0.3 is 4.74 Å². The molecule has 0 aliphatic carbocycles. The molecule has 0 atom stereocenters. The third kappa shape index (κ3) is 3.06. The van der Waals surface area contributed by atoms with Crippen LogP contribution in [0.2, 0.25) is 0 Å². The maximum Gasteiger partial charge on any atom is 0.573 e. The summed E-state index contributed by atoms with van der Waals surface area (Å²) in [6.45, 7) is 0. The van der Waals surface area contributed by atoms with Crippen LogP contribution in [0.15, 0.2) is 59.2 Å². The fourth-order valence-corrected chi connectivity index (χ4v) is 2.79. The Morgan fingerprint density at radius 3 is 2.41 bits per heavy atom. The van der Waals surface area contributed by atoms with Crippen LogP contribution >= 0.6 is 15.9 Å². The second kappa shape index (κ2) is 5.61. The van der Waals surface area contributed by atoms with E-state index < -0.39 is 6.36 Å². The molecule has 2 nitrogen and oxygen atoms in total. The number of benzene rings is 2. The Hall–Kier alpha value is -2.08. The minimum atomic E-state index is -4.72. The molecule has 3 aromatic rings. The lowest BCUT2D eigenvalue weighted by Gasteiger charge is -2.12. The Morgan fingerprint density at radius 2 is 1.73 bits per heavy atom. The van der Waals surface area contributed by atoms with Crippen molar-refractivity contribution in [2.24, 2.45) is 0 Å². The Balaban J connectivity index is 2.22. The van der Waals surface area contributed by atoms with Gasteiger partial charge in [-0.1, -0.05) is 30.3 Å². The molecule has 3 rings (SSSR count). The summed E-state index contributed by atoms with van der Waals surface area (Å²) in [7, 11) is 0. The van der Waals surface area contributed by atoms with Crippen molar-refractivity contribution in [3.05, 3.63) is 59.2 Å². The maximum atomic E-state index is 12.4. The van der Waals surface area contributed by atoms with Crippen LogP contribution < -0.4 is 4.74 Å². The zero-order valence-electron chi connectivity index (χ0n) is 11.1. The number of hydrogen-bond donors (Lipinski definition) is 0. The van der Waals surface area contributed by atoms with Gasteiger partial charge in [-0.15, -0.1) is 13.2 Å². The van der Waals surface area contributed by atoms with Crippen LogP contribution in [-0.2, 0) is 0 Å². The SMILES string of the molecule is FC(F)(F)Oc1ccc2ncc(Br)c(-c3ccccc3)c2c1. The minimum absolute atomic E-state index is 0.267. The number of fused-ring (bicyclic) bond motifs is 1. The average Bonchev–Trinajstić information content (AvgIpc) is 2.46. The number of rotatable bonds is 2. The van der Waals surface area contributed by atoms with Gasteiger partial charge in [0.1, 0.15) is 5.75 Å². The number of nitrogens with zero attached hydrogens (tertiary/aromatic N) is 1. The molecule has 0 aliphatic heterocycles. The van der Waals surface area contributed by atoms with Gasteiger partial charge in [0.2, 0.25) is 0 Å². The summed E-state index contributed by atoms with van der Waals surface area (Å²) >= 11 is 3.41. The Bertz CT molecular complexity index is 819. The molecule has 0 unspecified atom stereocenters. The number of ether oxygens (including phenoxy) is 1. The lowest BCUT2D eigenvalue weighted by atomic mass is 10.0. The lowest BCUT2D eigenvalue weighted by molar-refractivity contribution is -0.274. The molecule has 112 valence electrons. The fraction of sp³-hybridized carbons (Fsp3) is 0.0625. The summed E-state index contributed by atoms with van der Waals surface area (Å²) in [5.74, 6) is -0.267. The van der Waals surface area contributed by atoms with Crippen LogP contribution in [0.1, 0.15) is 0 Å². The van der Waals surface area contributed by atoms with Crippen LogP contribution in [0, 0.1) is 0 Å². The zero-order valence-corrected chi connectivity index (χ0v) is 12.6. The molecule has 0 aliphatic rings. The van der Waals surface area contributed by atoms with Crippen LogP contribution in [-0.4, -0.2) is 11.3 Å². The number of hydrogen-bond acceptors (Lipinski definition) is 2. The molecule has 22 heavy (non-hydrogen) atoms. The summed E-state index contributed by atoms with van der Waals surface area (Å²) < 4.78 is 41.9.